The Labute approximate surface area is 129 Å². The first-order valence-electron chi connectivity index (χ1n) is 7.34. The van der Waals surface area contributed by atoms with Gasteiger partial charge in [-0.05, 0) is 20.5 Å². The van der Waals surface area contributed by atoms with Gasteiger partial charge in [0.15, 0.2) is 0 Å². The minimum Gasteiger partial charge on any atom is -0.360 e. The Morgan fingerprint density at radius 2 is 2.19 bits per heavy atom. The molecule has 1 aliphatic heterocycles. The Balaban J connectivity index is 1.82. The fourth-order valence-electron chi connectivity index (χ4n) is 2.23. The minimum atomic E-state index is -0.140. The molecule has 7 nitrogen and oxygen atoms in total. The van der Waals surface area contributed by atoms with Gasteiger partial charge < -0.3 is 15.5 Å². The van der Waals surface area contributed by atoms with E-state index in [2.05, 4.69) is 51.6 Å². The molecule has 8 heteroatoms. The van der Waals surface area contributed by atoms with E-state index in [0.717, 1.165) is 32.6 Å². The number of carbonyl (C=O) groups excluding carboxylic acids is 1. The molecular weight excluding hydrogens is 288 g/mol. The quantitative estimate of drug-likeness (QED) is 0.789. The maximum Gasteiger partial charge on any atom is 0.282 e. The highest BCUT2D eigenvalue weighted by molar-refractivity contribution is 7.17. The largest absolute Gasteiger partial charge is 0.360 e. The predicted molar refractivity (Wildman–Crippen MR) is 84.9 cm³/mol. The average molecular weight is 312 g/mol. The summed E-state index contributed by atoms with van der Waals surface area (Å²) >= 11 is 1.30. The first kappa shape index (κ1) is 16.1. The van der Waals surface area contributed by atoms with Crippen molar-refractivity contribution in [3.8, 4) is 0 Å². The van der Waals surface area contributed by atoms with Gasteiger partial charge >= 0.3 is 0 Å². The molecule has 1 aromatic rings. The molecular formula is C13H24N6OS. The van der Waals surface area contributed by atoms with Crippen LogP contribution in [0, 0.1) is 0 Å². The van der Waals surface area contributed by atoms with Crippen LogP contribution in [0.3, 0.4) is 0 Å². The van der Waals surface area contributed by atoms with E-state index in [1.165, 1.54) is 11.3 Å². The van der Waals surface area contributed by atoms with Crippen LogP contribution in [-0.4, -0.2) is 78.8 Å². The van der Waals surface area contributed by atoms with E-state index in [1.807, 2.05) is 0 Å². The Morgan fingerprint density at radius 3 is 2.95 bits per heavy atom. The highest BCUT2D eigenvalue weighted by atomic mass is 32.1. The van der Waals surface area contributed by atoms with E-state index >= 15 is 0 Å². The fourth-order valence-corrected chi connectivity index (χ4v) is 2.91. The van der Waals surface area contributed by atoms with Crippen LogP contribution in [0.25, 0.3) is 0 Å². The van der Waals surface area contributed by atoms with E-state index < -0.39 is 0 Å². The molecule has 1 aromatic heterocycles. The van der Waals surface area contributed by atoms with Crippen LogP contribution in [0.4, 0.5) is 5.13 Å². The first-order chi connectivity index (χ1) is 10.1. The van der Waals surface area contributed by atoms with E-state index in [-0.39, 0.29) is 5.91 Å². The van der Waals surface area contributed by atoms with Gasteiger partial charge in [0.05, 0.1) is 0 Å². The number of nitrogens with one attached hydrogen (secondary N) is 2. The lowest BCUT2D eigenvalue weighted by atomic mass is 10.2. The summed E-state index contributed by atoms with van der Waals surface area (Å²) in [6, 6.07) is 0.346. The van der Waals surface area contributed by atoms with E-state index in [4.69, 9.17) is 0 Å². The smallest absolute Gasteiger partial charge is 0.282 e. The Kier molecular flexibility index (Phi) is 5.89. The van der Waals surface area contributed by atoms with Gasteiger partial charge in [0, 0.05) is 38.8 Å². The summed E-state index contributed by atoms with van der Waals surface area (Å²) in [5.74, 6) is -0.140. The SMILES string of the molecule is CCCNc1nnc(C(=O)NCC2CN(C)CCN2C)s1. The number of carbonyl (C=O) groups is 1. The summed E-state index contributed by atoms with van der Waals surface area (Å²) in [7, 11) is 4.21. The molecule has 0 bridgehead atoms. The van der Waals surface area contributed by atoms with E-state index in [0.29, 0.717) is 22.7 Å². The number of aromatic nitrogens is 2. The van der Waals surface area contributed by atoms with Gasteiger partial charge in [0.25, 0.3) is 5.91 Å². The van der Waals surface area contributed by atoms with Crippen molar-refractivity contribution in [3.05, 3.63) is 5.01 Å². The molecule has 118 valence electrons. The molecule has 0 aliphatic carbocycles. The lowest BCUT2D eigenvalue weighted by molar-refractivity contribution is 0.0880. The lowest BCUT2D eigenvalue weighted by Crippen LogP contribution is -2.54. The van der Waals surface area contributed by atoms with Gasteiger partial charge in [-0.15, -0.1) is 10.2 Å². The summed E-state index contributed by atoms with van der Waals surface area (Å²) in [5.41, 5.74) is 0. The second kappa shape index (κ2) is 7.67. The third-order valence-electron chi connectivity index (χ3n) is 3.62. The second-order valence-electron chi connectivity index (χ2n) is 5.45. The van der Waals surface area contributed by atoms with Crippen molar-refractivity contribution in [1.82, 2.24) is 25.3 Å². The van der Waals surface area contributed by atoms with Crippen molar-refractivity contribution in [2.24, 2.45) is 0 Å². The summed E-state index contributed by atoms with van der Waals surface area (Å²) in [4.78, 5) is 16.7. The molecule has 0 spiro atoms. The minimum absolute atomic E-state index is 0.140. The van der Waals surface area contributed by atoms with Gasteiger partial charge in [-0.3, -0.25) is 9.69 Å². The fraction of sp³-hybridized carbons (Fsp3) is 0.769. The van der Waals surface area contributed by atoms with Gasteiger partial charge in [-0.2, -0.15) is 0 Å². The molecule has 1 fully saturated rings. The summed E-state index contributed by atoms with van der Waals surface area (Å²) in [5, 5.41) is 15.1. The lowest BCUT2D eigenvalue weighted by Gasteiger charge is -2.37. The zero-order chi connectivity index (χ0) is 15.2. The molecule has 1 unspecified atom stereocenters. The Hall–Kier alpha value is -1.25. The first-order valence-corrected chi connectivity index (χ1v) is 8.16. The van der Waals surface area contributed by atoms with Crippen molar-refractivity contribution in [2.45, 2.75) is 19.4 Å². The maximum absolute atomic E-state index is 12.1. The van der Waals surface area contributed by atoms with Gasteiger partial charge in [0.1, 0.15) is 0 Å². The number of amides is 1. The molecule has 1 amide bonds. The molecule has 0 aromatic carbocycles. The molecule has 0 radical (unpaired) electrons. The second-order valence-corrected chi connectivity index (χ2v) is 6.42. The standard InChI is InChI=1S/C13H24N6OS/c1-4-5-14-13-17-16-12(21-13)11(20)15-8-10-9-18(2)6-7-19(10)3/h10H,4-9H2,1-3H3,(H,14,17)(H,15,20). The molecule has 0 saturated carbocycles. The molecule has 2 N–H and O–H groups in total. The van der Waals surface area contributed by atoms with Gasteiger partial charge in [-0.1, -0.05) is 18.3 Å². The van der Waals surface area contributed by atoms with Gasteiger partial charge in [-0.25, -0.2) is 0 Å². The van der Waals surface area contributed by atoms with Crippen LogP contribution in [0.5, 0.6) is 0 Å². The Bertz CT molecular complexity index is 465. The van der Waals surface area contributed by atoms with Crippen LogP contribution in [0.2, 0.25) is 0 Å². The van der Waals surface area contributed by atoms with E-state index in [1.54, 1.807) is 0 Å². The van der Waals surface area contributed by atoms with Crippen LogP contribution >= 0.6 is 11.3 Å². The predicted octanol–water partition coefficient (Wildman–Crippen LogP) is 0.336. The number of piperazine rings is 1. The molecule has 2 rings (SSSR count). The van der Waals surface area contributed by atoms with Crippen LogP contribution < -0.4 is 10.6 Å². The zero-order valence-electron chi connectivity index (χ0n) is 12.9. The summed E-state index contributed by atoms with van der Waals surface area (Å²) < 4.78 is 0. The Morgan fingerprint density at radius 1 is 1.38 bits per heavy atom. The topological polar surface area (TPSA) is 73.4 Å². The van der Waals surface area contributed by atoms with Crippen molar-refractivity contribution in [2.75, 3.05) is 52.1 Å². The normalized spacial score (nSPS) is 20.4. The highest BCUT2D eigenvalue weighted by Gasteiger charge is 2.23. The monoisotopic (exact) mass is 312 g/mol. The van der Waals surface area contributed by atoms with Crippen molar-refractivity contribution in [1.29, 1.82) is 0 Å². The number of likely N-dealkylation sites (N-methyl/N-ethyl adjacent to an activating group) is 2. The number of hydrogen-bond acceptors (Lipinski definition) is 7. The summed E-state index contributed by atoms with van der Waals surface area (Å²) in [6.07, 6.45) is 1.02. The van der Waals surface area contributed by atoms with Crippen molar-refractivity contribution < 1.29 is 4.79 Å². The van der Waals surface area contributed by atoms with Gasteiger partial charge in [0.2, 0.25) is 10.1 Å². The molecule has 1 atom stereocenters. The van der Waals surface area contributed by atoms with Crippen LogP contribution in [0.1, 0.15) is 23.1 Å². The van der Waals surface area contributed by atoms with Crippen LogP contribution in [-0.2, 0) is 0 Å². The highest BCUT2D eigenvalue weighted by Crippen LogP contribution is 2.15. The number of anilines is 1. The van der Waals surface area contributed by atoms with Crippen molar-refractivity contribution in [3.63, 3.8) is 0 Å². The average Bonchev–Trinajstić information content (AvgIpc) is 2.94. The van der Waals surface area contributed by atoms with E-state index in [9.17, 15) is 4.79 Å². The molecule has 1 saturated heterocycles. The third-order valence-corrected chi connectivity index (χ3v) is 4.50. The molecule has 2 heterocycles. The third kappa shape index (κ3) is 4.62. The zero-order valence-corrected chi connectivity index (χ0v) is 13.7. The molecule has 21 heavy (non-hydrogen) atoms. The number of rotatable bonds is 6. The maximum atomic E-state index is 12.1. The molecule has 1 aliphatic rings. The number of nitrogens with zero attached hydrogens (tertiary/aromatic N) is 4. The summed E-state index contributed by atoms with van der Waals surface area (Å²) in [6.45, 7) is 6.63. The van der Waals surface area contributed by atoms with Crippen LogP contribution in [0.15, 0.2) is 0 Å². The van der Waals surface area contributed by atoms with Crippen molar-refractivity contribution >= 4 is 22.4 Å². The number of hydrogen-bond donors (Lipinski definition) is 2.